The molecule has 4 heteroatoms. The summed E-state index contributed by atoms with van der Waals surface area (Å²) in [6.07, 6.45) is 5.32. The van der Waals surface area contributed by atoms with Crippen molar-refractivity contribution >= 4 is 30.5 Å². The lowest BCUT2D eigenvalue weighted by Gasteiger charge is -2.33. The summed E-state index contributed by atoms with van der Waals surface area (Å²) >= 11 is 0. The minimum absolute atomic E-state index is 0. The normalized spacial score (nSPS) is 18.3. The van der Waals surface area contributed by atoms with E-state index in [2.05, 4.69) is 28.4 Å². The van der Waals surface area contributed by atoms with Crippen LogP contribution in [0.15, 0.2) is 18.2 Å². The van der Waals surface area contributed by atoms with Crippen LogP contribution >= 0.6 is 24.8 Å². The van der Waals surface area contributed by atoms with Crippen LogP contribution in [0.1, 0.15) is 24.0 Å². The quantitative estimate of drug-likeness (QED) is 0.855. The topological polar surface area (TPSA) is 15.3 Å². The molecule has 2 aliphatic rings. The Balaban J connectivity index is 0.000000810. The average molecular weight is 289 g/mol. The number of halogens is 2. The number of piperazine rings is 1. The highest BCUT2D eigenvalue weighted by molar-refractivity contribution is 5.85. The number of hydrogen-bond donors (Lipinski definition) is 1. The van der Waals surface area contributed by atoms with Crippen molar-refractivity contribution in [3.8, 4) is 0 Å². The van der Waals surface area contributed by atoms with Crippen LogP contribution in [0, 0.1) is 0 Å². The Morgan fingerprint density at radius 1 is 0.944 bits per heavy atom. The van der Waals surface area contributed by atoms with Crippen LogP contribution in [0.4, 0.5) is 5.69 Å². The first-order valence-corrected chi connectivity index (χ1v) is 6.51. The fraction of sp³-hybridized carbons (Fsp3) is 0.571. The highest BCUT2D eigenvalue weighted by atomic mass is 35.5. The van der Waals surface area contributed by atoms with E-state index in [0.717, 1.165) is 26.2 Å². The van der Waals surface area contributed by atoms with Crippen molar-refractivity contribution in [2.45, 2.75) is 25.7 Å². The van der Waals surface area contributed by atoms with E-state index in [4.69, 9.17) is 0 Å². The first-order valence-electron chi connectivity index (χ1n) is 6.51. The highest BCUT2D eigenvalue weighted by Gasteiger charge is 2.18. The van der Waals surface area contributed by atoms with Gasteiger partial charge >= 0.3 is 0 Å². The van der Waals surface area contributed by atoms with Crippen molar-refractivity contribution in [1.29, 1.82) is 0 Å². The summed E-state index contributed by atoms with van der Waals surface area (Å²) in [5.41, 5.74) is 4.75. The molecule has 1 heterocycles. The van der Waals surface area contributed by atoms with E-state index in [0.29, 0.717) is 0 Å². The summed E-state index contributed by atoms with van der Waals surface area (Å²) in [4.78, 5) is 2.56. The molecule has 1 aliphatic carbocycles. The van der Waals surface area contributed by atoms with E-state index in [1.54, 1.807) is 11.1 Å². The van der Waals surface area contributed by atoms with Gasteiger partial charge in [0.2, 0.25) is 0 Å². The zero-order chi connectivity index (χ0) is 10.8. The van der Waals surface area contributed by atoms with Crippen LogP contribution in [-0.2, 0) is 12.8 Å². The predicted molar refractivity (Wildman–Crippen MR) is 82.7 cm³/mol. The Morgan fingerprint density at radius 2 is 1.67 bits per heavy atom. The summed E-state index contributed by atoms with van der Waals surface area (Å²) in [5.74, 6) is 0. The molecule has 1 saturated heterocycles. The lowest BCUT2D eigenvalue weighted by molar-refractivity contribution is 0.584. The molecule has 1 aromatic rings. The average Bonchev–Trinajstić information content (AvgIpc) is 2.39. The maximum Gasteiger partial charge on any atom is 0.0402 e. The van der Waals surface area contributed by atoms with E-state index in [1.165, 1.54) is 31.4 Å². The third kappa shape index (κ3) is 3.11. The third-order valence-electron chi connectivity index (χ3n) is 3.83. The summed E-state index contributed by atoms with van der Waals surface area (Å²) < 4.78 is 0. The van der Waals surface area contributed by atoms with Gasteiger partial charge in [-0.25, -0.2) is 0 Å². The van der Waals surface area contributed by atoms with Gasteiger partial charge in [-0.2, -0.15) is 0 Å². The van der Waals surface area contributed by atoms with Gasteiger partial charge in [0.15, 0.2) is 0 Å². The molecule has 0 bridgehead atoms. The highest BCUT2D eigenvalue weighted by Crippen LogP contribution is 2.30. The fourth-order valence-electron chi connectivity index (χ4n) is 2.96. The Kier molecular flexibility index (Phi) is 6.27. The molecule has 18 heavy (non-hydrogen) atoms. The van der Waals surface area contributed by atoms with Gasteiger partial charge in [-0.3, -0.25) is 0 Å². The van der Waals surface area contributed by atoms with Crippen molar-refractivity contribution in [2.75, 3.05) is 31.1 Å². The lowest BCUT2D eigenvalue weighted by Crippen LogP contribution is -2.44. The van der Waals surface area contributed by atoms with Crippen molar-refractivity contribution in [1.82, 2.24) is 5.32 Å². The molecular weight excluding hydrogens is 267 g/mol. The maximum absolute atomic E-state index is 3.42. The molecule has 0 amide bonds. The molecular formula is C14H22Cl2N2. The summed E-state index contributed by atoms with van der Waals surface area (Å²) in [6, 6.07) is 6.87. The molecule has 1 N–H and O–H groups in total. The molecule has 0 atom stereocenters. The third-order valence-corrected chi connectivity index (χ3v) is 3.83. The molecule has 0 aromatic heterocycles. The van der Waals surface area contributed by atoms with Crippen LogP contribution in [0.5, 0.6) is 0 Å². The zero-order valence-corrected chi connectivity index (χ0v) is 12.3. The first kappa shape index (κ1) is 15.6. The second-order valence-corrected chi connectivity index (χ2v) is 4.86. The van der Waals surface area contributed by atoms with Crippen LogP contribution in [0.25, 0.3) is 0 Å². The van der Waals surface area contributed by atoms with Gasteiger partial charge in [0, 0.05) is 31.9 Å². The molecule has 3 rings (SSSR count). The van der Waals surface area contributed by atoms with Gasteiger partial charge in [0.25, 0.3) is 0 Å². The number of anilines is 1. The monoisotopic (exact) mass is 288 g/mol. The number of rotatable bonds is 1. The number of benzene rings is 1. The smallest absolute Gasteiger partial charge is 0.0402 e. The minimum Gasteiger partial charge on any atom is -0.369 e. The van der Waals surface area contributed by atoms with Crippen molar-refractivity contribution < 1.29 is 0 Å². The predicted octanol–water partition coefficient (Wildman–Crippen LogP) is 2.82. The van der Waals surface area contributed by atoms with Crippen molar-refractivity contribution in [3.05, 3.63) is 29.3 Å². The number of nitrogens with zero attached hydrogens (tertiary/aromatic N) is 1. The number of aryl methyl sites for hydroxylation is 1. The fourth-order valence-corrected chi connectivity index (χ4v) is 2.96. The van der Waals surface area contributed by atoms with Gasteiger partial charge in [-0.05, 0) is 42.9 Å². The van der Waals surface area contributed by atoms with Crippen LogP contribution in [0.3, 0.4) is 0 Å². The number of fused-ring (bicyclic) bond motifs is 1. The SMILES string of the molecule is Cl.Cl.c1cc2c(c(N3CCNCC3)c1)CCCC2. The maximum atomic E-state index is 3.42. The Bertz CT molecular complexity index is 376. The number of nitrogens with one attached hydrogen (secondary N) is 1. The molecule has 0 radical (unpaired) electrons. The number of hydrogen-bond acceptors (Lipinski definition) is 2. The van der Waals surface area contributed by atoms with E-state index in [1.807, 2.05) is 0 Å². The summed E-state index contributed by atoms with van der Waals surface area (Å²) in [6.45, 7) is 4.58. The molecule has 1 aromatic carbocycles. The second-order valence-electron chi connectivity index (χ2n) is 4.86. The van der Waals surface area contributed by atoms with Crippen molar-refractivity contribution in [2.24, 2.45) is 0 Å². The second kappa shape index (κ2) is 7.22. The molecule has 0 saturated carbocycles. The molecule has 2 nitrogen and oxygen atoms in total. The van der Waals surface area contributed by atoms with Gasteiger partial charge in [-0.1, -0.05) is 12.1 Å². The van der Waals surface area contributed by atoms with E-state index < -0.39 is 0 Å². The molecule has 1 aliphatic heterocycles. The first-order chi connectivity index (χ1) is 7.95. The van der Waals surface area contributed by atoms with Gasteiger partial charge in [0.05, 0.1) is 0 Å². The van der Waals surface area contributed by atoms with Crippen LogP contribution in [-0.4, -0.2) is 26.2 Å². The molecule has 0 unspecified atom stereocenters. The molecule has 0 spiro atoms. The van der Waals surface area contributed by atoms with Gasteiger partial charge in [0.1, 0.15) is 0 Å². The van der Waals surface area contributed by atoms with Gasteiger partial charge < -0.3 is 10.2 Å². The minimum atomic E-state index is 0. The van der Waals surface area contributed by atoms with E-state index in [-0.39, 0.29) is 24.8 Å². The van der Waals surface area contributed by atoms with Gasteiger partial charge in [-0.15, -0.1) is 24.8 Å². The standard InChI is InChI=1S/C14H20N2.2ClH/c1-2-6-13-12(4-1)5-3-7-14(13)16-10-8-15-9-11-16;;/h3,5,7,15H,1-2,4,6,8-11H2;2*1H. The lowest BCUT2D eigenvalue weighted by atomic mass is 9.90. The molecule has 1 fully saturated rings. The van der Waals surface area contributed by atoms with Crippen LogP contribution < -0.4 is 10.2 Å². The largest absolute Gasteiger partial charge is 0.369 e. The molecule has 102 valence electrons. The van der Waals surface area contributed by atoms with Crippen LogP contribution in [0.2, 0.25) is 0 Å². The summed E-state index contributed by atoms with van der Waals surface area (Å²) in [7, 11) is 0. The van der Waals surface area contributed by atoms with Crippen molar-refractivity contribution in [3.63, 3.8) is 0 Å². The van der Waals surface area contributed by atoms with E-state index >= 15 is 0 Å². The summed E-state index contributed by atoms with van der Waals surface area (Å²) in [5, 5.41) is 3.42. The Hall–Kier alpha value is -0.440. The zero-order valence-electron chi connectivity index (χ0n) is 10.7. The van der Waals surface area contributed by atoms with E-state index in [9.17, 15) is 0 Å². The Morgan fingerprint density at radius 3 is 2.44 bits per heavy atom. The Labute approximate surface area is 122 Å².